The Morgan fingerprint density at radius 3 is 2.33 bits per heavy atom. The van der Waals surface area contributed by atoms with Gasteiger partial charge in [-0.3, -0.25) is 0 Å². The second-order valence-corrected chi connectivity index (χ2v) is 3.56. The average molecular weight is 198 g/mol. The Morgan fingerprint density at radius 2 is 1.67 bits per heavy atom. The maximum Gasteiger partial charge on any atom is 0.118 e. The van der Waals surface area contributed by atoms with Crippen LogP contribution in [-0.4, -0.2) is 5.11 Å². The van der Waals surface area contributed by atoms with Crippen LogP contribution in [0.3, 0.4) is 0 Å². The van der Waals surface area contributed by atoms with E-state index in [4.69, 9.17) is 0 Å². The molecule has 0 spiro atoms. The summed E-state index contributed by atoms with van der Waals surface area (Å²) in [6.45, 7) is 2.05. The van der Waals surface area contributed by atoms with Crippen molar-refractivity contribution in [3.63, 3.8) is 0 Å². The van der Waals surface area contributed by atoms with Crippen molar-refractivity contribution in [1.29, 1.82) is 0 Å². The molecule has 0 aliphatic rings. The molecule has 76 valence electrons. The highest BCUT2D eigenvalue weighted by Gasteiger charge is 2.01. The molecule has 15 heavy (non-hydrogen) atoms. The Kier molecular flexibility index (Phi) is 2.72. The van der Waals surface area contributed by atoms with Crippen molar-refractivity contribution in [2.45, 2.75) is 13.3 Å². The van der Waals surface area contributed by atoms with Crippen LogP contribution >= 0.6 is 0 Å². The van der Waals surface area contributed by atoms with Crippen molar-refractivity contribution in [2.75, 3.05) is 0 Å². The Balaban J connectivity index is 2.46. The van der Waals surface area contributed by atoms with Gasteiger partial charge >= 0.3 is 0 Å². The molecule has 0 radical (unpaired) electrons. The molecule has 0 bridgehead atoms. The van der Waals surface area contributed by atoms with E-state index < -0.39 is 0 Å². The van der Waals surface area contributed by atoms with Gasteiger partial charge in [-0.15, -0.1) is 0 Å². The van der Waals surface area contributed by atoms with Crippen molar-refractivity contribution in [3.05, 3.63) is 54.1 Å². The summed E-state index contributed by atoms with van der Waals surface area (Å²) in [5.41, 5.74) is 3.34. The van der Waals surface area contributed by atoms with Gasteiger partial charge in [0.15, 0.2) is 0 Å². The third-order valence-electron chi connectivity index (χ3n) is 2.57. The quantitative estimate of drug-likeness (QED) is 0.781. The van der Waals surface area contributed by atoms with Crippen molar-refractivity contribution in [3.8, 4) is 16.9 Å². The molecule has 0 aliphatic carbocycles. The third kappa shape index (κ3) is 2.01. The van der Waals surface area contributed by atoms with E-state index in [1.807, 2.05) is 37.3 Å². The van der Waals surface area contributed by atoms with Gasteiger partial charge in [-0.25, -0.2) is 0 Å². The number of hydrogen-bond acceptors (Lipinski definition) is 1. The maximum absolute atomic E-state index is 9.58. The SMILES string of the molecule is CCc1cc(-c2ccccc2)ccc1O. The van der Waals surface area contributed by atoms with Crippen molar-refractivity contribution < 1.29 is 5.11 Å². The lowest BCUT2D eigenvalue weighted by molar-refractivity contribution is 0.469. The molecule has 0 aliphatic heterocycles. The summed E-state index contributed by atoms with van der Waals surface area (Å²) in [7, 11) is 0. The minimum absolute atomic E-state index is 0.386. The third-order valence-corrected chi connectivity index (χ3v) is 2.57. The van der Waals surface area contributed by atoms with E-state index in [0.717, 1.165) is 17.5 Å². The zero-order chi connectivity index (χ0) is 10.7. The summed E-state index contributed by atoms with van der Waals surface area (Å²) in [4.78, 5) is 0. The standard InChI is InChI=1S/C14H14O/c1-2-11-10-13(8-9-14(11)15)12-6-4-3-5-7-12/h3-10,15H,2H2,1H3. The Hall–Kier alpha value is -1.76. The van der Waals surface area contributed by atoms with E-state index in [1.165, 1.54) is 5.56 Å². The van der Waals surface area contributed by atoms with E-state index >= 15 is 0 Å². The smallest absolute Gasteiger partial charge is 0.118 e. The van der Waals surface area contributed by atoms with E-state index in [9.17, 15) is 5.11 Å². The second kappa shape index (κ2) is 4.18. The fourth-order valence-electron chi connectivity index (χ4n) is 1.68. The molecule has 0 saturated heterocycles. The summed E-state index contributed by atoms with van der Waals surface area (Å²) in [6, 6.07) is 16.0. The first-order chi connectivity index (χ1) is 7.31. The summed E-state index contributed by atoms with van der Waals surface area (Å²) in [5, 5.41) is 9.58. The van der Waals surface area contributed by atoms with Gasteiger partial charge in [0.05, 0.1) is 0 Å². The van der Waals surface area contributed by atoms with Crippen molar-refractivity contribution in [1.82, 2.24) is 0 Å². The van der Waals surface area contributed by atoms with Crippen LogP contribution < -0.4 is 0 Å². The van der Waals surface area contributed by atoms with Gasteiger partial charge in [-0.1, -0.05) is 43.3 Å². The molecule has 0 aromatic heterocycles. The normalized spacial score (nSPS) is 10.2. The van der Waals surface area contributed by atoms with Crippen LogP contribution in [0.25, 0.3) is 11.1 Å². The first-order valence-corrected chi connectivity index (χ1v) is 5.18. The first kappa shape index (κ1) is 9.78. The highest BCUT2D eigenvalue weighted by Crippen LogP contribution is 2.25. The van der Waals surface area contributed by atoms with E-state index in [1.54, 1.807) is 6.07 Å². The molecule has 1 heteroatoms. The lowest BCUT2D eigenvalue weighted by Crippen LogP contribution is -1.84. The Labute approximate surface area is 90.0 Å². The number of phenolic OH excluding ortho intramolecular Hbond substituents is 1. The molecule has 0 amide bonds. The molecule has 0 heterocycles. The molecule has 2 rings (SSSR count). The molecule has 1 nitrogen and oxygen atoms in total. The minimum atomic E-state index is 0.386. The first-order valence-electron chi connectivity index (χ1n) is 5.18. The highest BCUT2D eigenvalue weighted by atomic mass is 16.3. The lowest BCUT2D eigenvalue weighted by Gasteiger charge is -2.05. The number of phenols is 1. The Bertz CT molecular complexity index is 446. The summed E-state index contributed by atoms with van der Waals surface area (Å²) in [5.74, 6) is 0.386. The summed E-state index contributed by atoms with van der Waals surface area (Å²) < 4.78 is 0. The van der Waals surface area contributed by atoms with Crippen LogP contribution in [0.15, 0.2) is 48.5 Å². The molecule has 1 N–H and O–H groups in total. The van der Waals surface area contributed by atoms with Gasteiger partial charge in [-0.05, 0) is 35.2 Å². The number of rotatable bonds is 2. The van der Waals surface area contributed by atoms with Crippen LogP contribution in [0.5, 0.6) is 5.75 Å². The van der Waals surface area contributed by atoms with Crippen LogP contribution in [0, 0.1) is 0 Å². The Morgan fingerprint density at radius 1 is 0.933 bits per heavy atom. The second-order valence-electron chi connectivity index (χ2n) is 3.56. The minimum Gasteiger partial charge on any atom is -0.508 e. The zero-order valence-corrected chi connectivity index (χ0v) is 8.77. The van der Waals surface area contributed by atoms with E-state index in [2.05, 4.69) is 12.1 Å². The number of benzene rings is 2. The topological polar surface area (TPSA) is 20.2 Å². The van der Waals surface area contributed by atoms with Crippen LogP contribution in [0.4, 0.5) is 0 Å². The molecular formula is C14H14O. The fraction of sp³-hybridized carbons (Fsp3) is 0.143. The highest BCUT2D eigenvalue weighted by molar-refractivity contribution is 5.65. The summed E-state index contributed by atoms with van der Waals surface area (Å²) >= 11 is 0. The molecule has 0 saturated carbocycles. The monoisotopic (exact) mass is 198 g/mol. The van der Waals surface area contributed by atoms with Crippen molar-refractivity contribution >= 4 is 0 Å². The van der Waals surface area contributed by atoms with Crippen LogP contribution in [-0.2, 0) is 6.42 Å². The van der Waals surface area contributed by atoms with Gasteiger partial charge in [-0.2, -0.15) is 0 Å². The molecule has 0 fully saturated rings. The average Bonchev–Trinajstić information content (AvgIpc) is 2.31. The fourth-order valence-corrected chi connectivity index (χ4v) is 1.68. The largest absolute Gasteiger partial charge is 0.508 e. The van der Waals surface area contributed by atoms with E-state index in [0.29, 0.717) is 5.75 Å². The summed E-state index contributed by atoms with van der Waals surface area (Å²) in [6.07, 6.45) is 0.854. The molecule has 2 aromatic rings. The number of aromatic hydroxyl groups is 1. The zero-order valence-electron chi connectivity index (χ0n) is 8.77. The van der Waals surface area contributed by atoms with Gasteiger partial charge in [0.25, 0.3) is 0 Å². The molecule has 0 unspecified atom stereocenters. The molecule has 0 atom stereocenters. The van der Waals surface area contributed by atoms with Gasteiger partial charge in [0.1, 0.15) is 5.75 Å². The van der Waals surface area contributed by atoms with Gasteiger partial charge in [0.2, 0.25) is 0 Å². The van der Waals surface area contributed by atoms with Crippen LogP contribution in [0.2, 0.25) is 0 Å². The van der Waals surface area contributed by atoms with Gasteiger partial charge < -0.3 is 5.11 Å². The predicted molar refractivity (Wildman–Crippen MR) is 62.9 cm³/mol. The molecule has 2 aromatic carbocycles. The molecular weight excluding hydrogens is 184 g/mol. The predicted octanol–water partition coefficient (Wildman–Crippen LogP) is 3.62. The lowest BCUT2D eigenvalue weighted by atomic mass is 10.0. The van der Waals surface area contributed by atoms with Crippen molar-refractivity contribution in [2.24, 2.45) is 0 Å². The maximum atomic E-state index is 9.58. The van der Waals surface area contributed by atoms with Gasteiger partial charge in [0, 0.05) is 0 Å². The van der Waals surface area contributed by atoms with Crippen LogP contribution in [0.1, 0.15) is 12.5 Å². The number of hydrogen-bond donors (Lipinski definition) is 1. The number of aryl methyl sites for hydroxylation is 1. The van der Waals surface area contributed by atoms with E-state index in [-0.39, 0.29) is 0 Å².